The third-order valence-electron chi connectivity index (χ3n) is 4.76. The van der Waals surface area contributed by atoms with E-state index in [4.69, 9.17) is 4.74 Å². The van der Waals surface area contributed by atoms with Gasteiger partial charge in [-0.15, -0.1) is 11.3 Å². The number of hydrogen-bond acceptors (Lipinski definition) is 4. The largest absolute Gasteiger partial charge is 0.369 e. The zero-order valence-electron chi connectivity index (χ0n) is 12.3. The smallest absolute Gasteiger partial charge is 0.131 e. The number of anilines is 1. The number of hydrogen-bond donors (Lipinski definition) is 0. The Balaban J connectivity index is 1.57. The molecule has 0 saturated carbocycles. The lowest BCUT2D eigenvalue weighted by molar-refractivity contribution is -0.0735. The van der Waals surface area contributed by atoms with Crippen LogP contribution in [0.15, 0.2) is 29.8 Å². The first-order chi connectivity index (χ1) is 10.3. The molecule has 0 radical (unpaired) electrons. The van der Waals surface area contributed by atoms with Gasteiger partial charge < -0.3 is 9.64 Å². The van der Waals surface area contributed by atoms with Crippen molar-refractivity contribution in [3.63, 3.8) is 0 Å². The zero-order chi connectivity index (χ0) is 14.3. The van der Waals surface area contributed by atoms with Crippen molar-refractivity contribution in [3.05, 3.63) is 45.8 Å². The fourth-order valence-corrected chi connectivity index (χ4v) is 4.78. The highest BCUT2D eigenvalue weighted by Gasteiger charge is 2.42. The van der Waals surface area contributed by atoms with Crippen LogP contribution in [0.4, 0.5) is 5.82 Å². The van der Waals surface area contributed by atoms with Crippen molar-refractivity contribution in [2.75, 3.05) is 24.6 Å². The number of aryl methyl sites for hydroxylation is 1. The molecule has 4 heteroatoms. The van der Waals surface area contributed by atoms with Crippen LogP contribution in [0.1, 0.15) is 28.8 Å². The fraction of sp³-hybridized carbons (Fsp3) is 0.471. The number of ether oxygens (including phenoxy) is 1. The highest BCUT2D eigenvalue weighted by atomic mass is 32.1. The Morgan fingerprint density at radius 3 is 2.95 bits per heavy atom. The summed E-state index contributed by atoms with van der Waals surface area (Å²) in [5.74, 6) is 1.13. The van der Waals surface area contributed by atoms with Crippen LogP contribution < -0.4 is 4.90 Å². The van der Waals surface area contributed by atoms with Gasteiger partial charge in [0, 0.05) is 24.2 Å². The van der Waals surface area contributed by atoms with Crippen LogP contribution in [0, 0.1) is 6.92 Å². The van der Waals surface area contributed by atoms with Gasteiger partial charge in [0.1, 0.15) is 11.4 Å². The van der Waals surface area contributed by atoms with Gasteiger partial charge in [-0.05, 0) is 54.8 Å². The molecular formula is C17H20N2OS. The van der Waals surface area contributed by atoms with Crippen LogP contribution in [0.3, 0.4) is 0 Å². The molecule has 0 amide bonds. The van der Waals surface area contributed by atoms with Gasteiger partial charge >= 0.3 is 0 Å². The van der Waals surface area contributed by atoms with Crippen molar-refractivity contribution >= 4 is 17.2 Å². The minimum atomic E-state index is -0.0269. The van der Waals surface area contributed by atoms with E-state index in [0.29, 0.717) is 0 Å². The fourth-order valence-electron chi connectivity index (χ4n) is 3.61. The average Bonchev–Trinajstić information content (AvgIpc) is 2.99. The van der Waals surface area contributed by atoms with Crippen molar-refractivity contribution in [1.82, 2.24) is 4.98 Å². The molecule has 1 fully saturated rings. The molecule has 1 saturated heterocycles. The summed E-state index contributed by atoms with van der Waals surface area (Å²) in [7, 11) is 0. The van der Waals surface area contributed by atoms with Crippen LogP contribution in [0.25, 0.3) is 0 Å². The molecule has 0 unspecified atom stereocenters. The topological polar surface area (TPSA) is 25.4 Å². The second kappa shape index (κ2) is 5.11. The van der Waals surface area contributed by atoms with Crippen molar-refractivity contribution in [2.45, 2.75) is 31.8 Å². The van der Waals surface area contributed by atoms with Crippen LogP contribution in [-0.4, -0.2) is 24.7 Å². The van der Waals surface area contributed by atoms with Gasteiger partial charge in [-0.25, -0.2) is 4.98 Å². The molecule has 0 atom stereocenters. The molecule has 110 valence electrons. The summed E-state index contributed by atoms with van der Waals surface area (Å²) in [6.45, 7) is 5.05. The second-order valence-corrected chi connectivity index (χ2v) is 6.91. The molecular weight excluding hydrogens is 280 g/mol. The van der Waals surface area contributed by atoms with Crippen molar-refractivity contribution in [2.24, 2.45) is 0 Å². The minimum Gasteiger partial charge on any atom is -0.369 e. The predicted molar refractivity (Wildman–Crippen MR) is 86.1 cm³/mol. The molecule has 0 aromatic carbocycles. The molecule has 21 heavy (non-hydrogen) atoms. The Kier molecular flexibility index (Phi) is 3.23. The number of fused-ring (bicyclic) bond motifs is 2. The molecule has 0 N–H and O–H groups in total. The molecule has 4 rings (SSSR count). The summed E-state index contributed by atoms with van der Waals surface area (Å²) in [6.07, 6.45) is 5.10. The number of rotatable bonds is 1. The van der Waals surface area contributed by atoms with Gasteiger partial charge in [0.15, 0.2) is 0 Å². The van der Waals surface area contributed by atoms with Crippen LogP contribution >= 0.6 is 11.3 Å². The molecule has 0 bridgehead atoms. The van der Waals surface area contributed by atoms with Crippen molar-refractivity contribution in [3.8, 4) is 0 Å². The van der Waals surface area contributed by atoms with Crippen LogP contribution in [0.2, 0.25) is 0 Å². The minimum absolute atomic E-state index is 0.0269. The van der Waals surface area contributed by atoms with E-state index in [1.54, 1.807) is 0 Å². The normalized spacial score (nSPS) is 20.5. The van der Waals surface area contributed by atoms with Crippen molar-refractivity contribution < 1.29 is 4.74 Å². The van der Waals surface area contributed by atoms with Gasteiger partial charge in [0.25, 0.3) is 0 Å². The lowest BCUT2D eigenvalue weighted by Gasteiger charge is -2.44. The highest BCUT2D eigenvalue weighted by Crippen LogP contribution is 2.44. The summed E-state index contributed by atoms with van der Waals surface area (Å²) in [4.78, 5) is 8.44. The summed E-state index contributed by atoms with van der Waals surface area (Å²) in [5, 5.41) is 2.22. The molecule has 2 aliphatic heterocycles. The van der Waals surface area contributed by atoms with Gasteiger partial charge in [-0.2, -0.15) is 0 Å². The van der Waals surface area contributed by atoms with E-state index in [1.165, 1.54) is 16.0 Å². The summed E-state index contributed by atoms with van der Waals surface area (Å²) in [5.41, 5.74) is 2.74. The maximum Gasteiger partial charge on any atom is 0.131 e. The SMILES string of the molecule is Cc1cccnc1N1CCC2(CC1)OCCc1ccsc12. The number of thiophene rings is 1. The van der Waals surface area contributed by atoms with E-state index in [0.717, 1.165) is 44.8 Å². The van der Waals surface area contributed by atoms with E-state index >= 15 is 0 Å². The summed E-state index contributed by atoms with van der Waals surface area (Å²) in [6, 6.07) is 6.42. The molecule has 4 heterocycles. The lowest BCUT2D eigenvalue weighted by Crippen LogP contribution is -2.46. The quantitative estimate of drug-likeness (QED) is 0.806. The van der Waals surface area contributed by atoms with E-state index in [2.05, 4.69) is 34.3 Å². The number of piperidine rings is 1. The molecule has 0 aliphatic carbocycles. The van der Waals surface area contributed by atoms with Crippen LogP contribution in [0.5, 0.6) is 0 Å². The highest BCUT2D eigenvalue weighted by molar-refractivity contribution is 7.10. The molecule has 2 aromatic rings. The van der Waals surface area contributed by atoms with E-state index in [9.17, 15) is 0 Å². The third-order valence-corrected chi connectivity index (χ3v) is 5.90. The van der Waals surface area contributed by atoms with Crippen LogP contribution in [-0.2, 0) is 16.8 Å². The lowest BCUT2D eigenvalue weighted by atomic mass is 9.85. The summed E-state index contributed by atoms with van der Waals surface area (Å²) >= 11 is 1.87. The maximum absolute atomic E-state index is 6.27. The second-order valence-electron chi connectivity index (χ2n) is 6.00. The molecule has 2 aliphatic rings. The average molecular weight is 300 g/mol. The number of pyridine rings is 1. The first-order valence-electron chi connectivity index (χ1n) is 7.66. The predicted octanol–water partition coefficient (Wildman–Crippen LogP) is 3.52. The molecule has 3 nitrogen and oxygen atoms in total. The Morgan fingerprint density at radius 1 is 1.29 bits per heavy atom. The monoisotopic (exact) mass is 300 g/mol. The van der Waals surface area contributed by atoms with Gasteiger partial charge in [0.2, 0.25) is 0 Å². The Morgan fingerprint density at radius 2 is 2.14 bits per heavy atom. The molecule has 2 aromatic heterocycles. The van der Waals surface area contributed by atoms with Gasteiger partial charge in [-0.1, -0.05) is 6.07 Å². The van der Waals surface area contributed by atoms with Crippen molar-refractivity contribution in [1.29, 1.82) is 0 Å². The van der Waals surface area contributed by atoms with E-state index in [1.807, 2.05) is 23.6 Å². The maximum atomic E-state index is 6.27. The number of nitrogens with zero attached hydrogens (tertiary/aromatic N) is 2. The Hall–Kier alpha value is -1.39. The molecule has 1 spiro atoms. The summed E-state index contributed by atoms with van der Waals surface area (Å²) < 4.78 is 6.27. The Labute approximate surface area is 129 Å². The van der Waals surface area contributed by atoms with E-state index in [-0.39, 0.29) is 5.60 Å². The van der Waals surface area contributed by atoms with Gasteiger partial charge in [-0.3, -0.25) is 0 Å². The first kappa shape index (κ1) is 13.3. The standard InChI is InChI=1S/C17H20N2OS/c1-13-3-2-8-18-16(13)19-9-6-17(7-10-19)15-14(4-11-20-17)5-12-21-15/h2-3,5,8,12H,4,6-7,9-11H2,1H3. The number of aromatic nitrogens is 1. The van der Waals surface area contributed by atoms with Gasteiger partial charge in [0.05, 0.1) is 6.61 Å². The Bertz CT molecular complexity index is 644. The first-order valence-corrected chi connectivity index (χ1v) is 8.54. The zero-order valence-corrected chi connectivity index (χ0v) is 13.2. The van der Waals surface area contributed by atoms with E-state index < -0.39 is 0 Å². The third kappa shape index (κ3) is 2.17.